The van der Waals surface area contributed by atoms with Crippen LogP contribution >= 0.6 is 0 Å². The van der Waals surface area contributed by atoms with Crippen LogP contribution < -0.4 is 5.73 Å². The average molecular weight is 162 g/mol. The van der Waals surface area contributed by atoms with Crippen molar-refractivity contribution in [2.45, 2.75) is 6.42 Å². The summed E-state index contributed by atoms with van der Waals surface area (Å²) in [7, 11) is 0. The highest BCUT2D eigenvalue weighted by Gasteiger charge is 2.01. The molecule has 1 rings (SSSR count). The molecule has 0 atom stereocenters. The smallest absolute Gasteiger partial charge is 0.138 e. The Morgan fingerprint density at radius 1 is 1.67 bits per heavy atom. The summed E-state index contributed by atoms with van der Waals surface area (Å²) in [6, 6.07) is 1.51. The Bertz CT molecular complexity index is 315. The van der Waals surface area contributed by atoms with E-state index in [1.54, 1.807) is 6.20 Å². The van der Waals surface area contributed by atoms with E-state index in [1.165, 1.54) is 6.07 Å². The molecule has 1 aromatic rings. The van der Waals surface area contributed by atoms with E-state index in [1.807, 2.05) is 0 Å². The second-order valence-corrected chi connectivity index (χ2v) is 2.37. The molecular weight excluding hydrogens is 152 g/mol. The third kappa shape index (κ3) is 1.74. The maximum Gasteiger partial charge on any atom is 0.138 e. The molecule has 0 spiro atoms. The van der Waals surface area contributed by atoms with E-state index >= 15 is 0 Å². The lowest BCUT2D eigenvalue weighted by Gasteiger charge is -2.01. The van der Waals surface area contributed by atoms with E-state index in [9.17, 15) is 5.11 Å². The van der Waals surface area contributed by atoms with Gasteiger partial charge in [0.05, 0.1) is 5.69 Å². The van der Waals surface area contributed by atoms with Crippen molar-refractivity contribution in [1.82, 2.24) is 4.98 Å². The van der Waals surface area contributed by atoms with E-state index in [0.29, 0.717) is 24.2 Å². The molecule has 0 amide bonds. The van der Waals surface area contributed by atoms with Gasteiger partial charge in [0.15, 0.2) is 0 Å². The van der Waals surface area contributed by atoms with Crippen LogP contribution in [-0.4, -0.2) is 16.6 Å². The fraction of sp³-hybridized carbons (Fsp3) is 0.222. The van der Waals surface area contributed by atoms with Gasteiger partial charge in [-0.1, -0.05) is 5.92 Å². The zero-order chi connectivity index (χ0) is 8.97. The van der Waals surface area contributed by atoms with E-state index in [0.717, 1.165) is 0 Å². The summed E-state index contributed by atoms with van der Waals surface area (Å²) in [6.07, 6.45) is 7.23. The first-order valence-electron chi connectivity index (χ1n) is 3.62. The number of hydrogen-bond donors (Lipinski definition) is 2. The number of nitrogens with two attached hydrogens (primary N) is 1. The topological polar surface area (TPSA) is 59.1 Å². The molecule has 1 heterocycles. The number of rotatable bonds is 2. The number of terminal acetylenes is 1. The van der Waals surface area contributed by atoms with Gasteiger partial charge in [0.2, 0.25) is 0 Å². The van der Waals surface area contributed by atoms with Gasteiger partial charge in [-0.2, -0.15) is 0 Å². The number of pyridine rings is 1. The van der Waals surface area contributed by atoms with Gasteiger partial charge < -0.3 is 10.8 Å². The Balaban J connectivity index is 2.97. The standard InChI is InChI=1S/C9H10N2O/c1-2-7-5-9(12)8(3-4-10)11-6-7/h1,5-6,12H,3-4,10H2. The first-order chi connectivity index (χ1) is 5.77. The van der Waals surface area contributed by atoms with Crippen molar-refractivity contribution < 1.29 is 5.11 Å². The molecular formula is C9H10N2O. The Morgan fingerprint density at radius 2 is 2.42 bits per heavy atom. The predicted molar refractivity (Wildman–Crippen MR) is 46.6 cm³/mol. The van der Waals surface area contributed by atoms with Crippen LogP contribution in [0.25, 0.3) is 0 Å². The molecule has 62 valence electrons. The highest BCUT2D eigenvalue weighted by molar-refractivity contribution is 5.38. The Kier molecular flexibility index (Phi) is 2.67. The quantitative estimate of drug-likeness (QED) is 0.614. The van der Waals surface area contributed by atoms with Gasteiger partial charge in [-0.3, -0.25) is 4.98 Å². The molecule has 0 saturated carbocycles. The molecule has 3 N–H and O–H groups in total. The third-order valence-corrected chi connectivity index (χ3v) is 1.50. The zero-order valence-electron chi connectivity index (χ0n) is 6.62. The largest absolute Gasteiger partial charge is 0.506 e. The summed E-state index contributed by atoms with van der Waals surface area (Å²) in [5, 5.41) is 9.34. The molecule has 12 heavy (non-hydrogen) atoms. The van der Waals surface area contributed by atoms with Crippen LogP contribution in [0.4, 0.5) is 0 Å². The number of nitrogens with zero attached hydrogens (tertiary/aromatic N) is 1. The summed E-state index contributed by atoms with van der Waals surface area (Å²) in [5.41, 5.74) is 6.48. The monoisotopic (exact) mass is 162 g/mol. The molecule has 0 aliphatic heterocycles. The Labute approximate surface area is 71.2 Å². The maximum absolute atomic E-state index is 9.34. The summed E-state index contributed by atoms with van der Waals surface area (Å²) >= 11 is 0. The maximum atomic E-state index is 9.34. The zero-order valence-corrected chi connectivity index (χ0v) is 6.62. The van der Waals surface area contributed by atoms with Gasteiger partial charge in [-0.15, -0.1) is 6.42 Å². The van der Waals surface area contributed by atoms with Gasteiger partial charge in [0.25, 0.3) is 0 Å². The van der Waals surface area contributed by atoms with Crippen LogP contribution in [0.5, 0.6) is 5.75 Å². The molecule has 0 aromatic carbocycles. The minimum atomic E-state index is 0.121. The van der Waals surface area contributed by atoms with E-state index < -0.39 is 0 Å². The van der Waals surface area contributed by atoms with Crippen molar-refractivity contribution in [3.05, 3.63) is 23.5 Å². The van der Waals surface area contributed by atoms with E-state index in [2.05, 4.69) is 10.9 Å². The van der Waals surface area contributed by atoms with Crippen molar-refractivity contribution in [1.29, 1.82) is 0 Å². The summed E-state index contributed by atoms with van der Waals surface area (Å²) in [5.74, 6) is 2.50. The minimum absolute atomic E-state index is 0.121. The van der Waals surface area contributed by atoms with Gasteiger partial charge in [-0.05, 0) is 12.6 Å². The average Bonchev–Trinajstić information content (AvgIpc) is 2.09. The molecule has 0 saturated heterocycles. The Morgan fingerprint density at radius 3 is 2.92 bits per heavy atom. The molecule has 0 radical (unpaired) electrons. The molecule has 3 nitrogen and oxygen atoms in total. The van der Waals surface area contributed by atoms with Crippen LogP contribution in [0.3, 0.4) is 0 Å². The fourth-order valence-electron chi connectivity index (χ4n) is 0.890. The highest BCUT2D eigenvalue weighted by Crippen LogP contribution is 2.15. The minimum Gasteiger partial charge on any atom is -0.506 e. The van der Waals surface area contributed by atoms with E-state index in [4.69, 9.17) is 12.2 Å². The van der Waals surface area contributed by atoms with Crippen LogP contribution in [-0.2, 0) is 6.42 Å². The van der Waals surface area contributed by atoms with Gasteiger partial charge >= 0.3 is 0 Å². The first kappa shape index (κ1) is 8.57. The second-order valence-electron chi connectivity index (χ2n) is 2.37. The molecule has 0 aliphatic carbocycles. The number of aromatic hydroxyl groups is 1. The summed E-state index contributed by atoms with van der Waals surface area (Å²) in [4.78, 5) is 3.97. The number of aromatic nitrogens is 1. The third-order valence-electron chi connectivity index (χ3n) is 1.50. The lowest BCUT2D eigenvalue weighted by Crippen LogP contribution is -2.04. The van der Waals surface area contributed by atoms with Gasteiger partial charge in [0.1, 0.15) is 5.75 Å². The van der Waals surface area contributed by atoms with Crippen molar-refractivity contribution in [2.75, 3.05) is 6.54 Å². The van der Waals surface area contributed by atoms with Crippen LogP contribution in [0.2, 0.25) is 0 Å². The van der Waals surface area contributed by atoms with Crippen molar-refractivity contribution >= 4 is 0 Å². The van der Waals surface area contributed by atoms with Crippen molar-refractivity contribution in [3.63, 3.8) is 0 Å². The normalized spacial score (nSPS) is 9.33. The lowest BCUT2D eigenvalue weighted by atomic mass is 10.2. The number of hydrogen-bond acceptors (Lipinski definition) is 3. The highest BCUT2D eigenvalue weighted by atomic mass is 16.3. The van der Waals surface area contributed by atoms with Gasteiger partial charge in [0, 0.05) is 18.2 Å². The van der Waals surface area contributed by atoms with Crippen molar-refractivity contribution in [3.8, 4) is 18.1 Å². The molecule has 0 aliphatic rings. The van der Waals surface area contributed by atoms with Crippen molar-refractivity contribution in [2.24, 2.45) is 5.73 Å². The first-order valence-corrected chi connectivity index (χ1v) is 3.62. The predicted octanol–water partition coefficient (Wildman–Crippen LogP) is 0.270. The van der Waals surface area contributed by atoms with Crippen LogP contribution in [0.15, 0.2) is 12.3 Å². The second kappa shape index (κ2) is 3.74. The summed E-state index contributed by atoms with van der Waals surface area (Å²) in [6.45, 7) is 0.468. The SMILES string of the molecule is C#Cc1cnc(CCN)c(O)c1. The lowest BCUT2D eigenvalue weighted by molar-refractivity contribution is 0.464. The molecule has 0 unspecified atom stereocenters. The van der Waals surface area contributed by atoms with E-state index in [-0.39, 0.29) is 5.75 Å². The van der Waals surface area contributed by atoms with Crippen LogP contribution in [0.1, 0.15) is 11.3 Å². The van der Waals surface area contributed by atoms with Crippen LogP contribution in [0, 0.1) is 12.3 Å². The fourth-order valence-corrected chi connectivity index (χ4v) is 0.890. The Hall–Kier alpha value is -1.53. The summed E-state index contributed by atoms with van der Waals surface area (Å²) < 4.78 is 0. The molecule has 0 bridgehead atoms. The molecule has 0 fully saturated rings. The molecule has 3 heteroatoms. The van der Waals surface area contributed by atoms with Gasteiger partial charge in [-0.25, -0.2) is 0 Å². The molecule has 1 aromatic heterocycles.